The molecule has 1 aromatic heterocycles. The van der Waals surface area contributed by atoms with E-state index in [2.05, 4.69) is 20.6 Å². The van der Waals surface area contributed by atoms with Crippen LogP contribution in [-0.4, -0.2) is 23.2 Å². The van der Waals surface area contributed by atoms with Gasteiger partial charge in [-0.15, -0.1) is 6.42 Å². The van der Waals surface area contributed by atoms with Crippen molar-refractivity contribution < 1.29 is 18.3 Å². The Bertz CT molecular complexity index is 910. The summed E-state index contributed by atoms with van der Waals surface area (Å²) in [6.45, 7) is 1.01. The van der Waals surface area contributed by atoms with E-state index in [4.69, 9.17) is 11.2 Å². The van der Waals surface area contributed by atoms with Gasteiger partial charge in [0.2, 0.25) is 0 Å². The SMILES string of the molecule is C#CCOc1ccc(/C=C/c2nc3ccccc3[nH]2)cc1OC(F)F.CC. The highest BCUT2D eigenvalue weighted by atomic mass is 19.3. The average Bonchev–Trinajstić information content (AvgIpc) is 3.10. The van der Waals surface area contributed by atoms with E-state index in [1.165, 1.54) is 12.1 Å². The van der Waals surface area contributed by atoms with Crippen LogP contribution in [0.5, 0.6) is 11.5 Å². The quantitative estimate of drug-likeness (QED) is 0.593. The highest BCUT2D eigenvalue weighted by molar-refractivity contribution is 5.78. The van der Waals surface area contributed by atoms with E-state index in [0.29, 0.717) is 11.4 Å². The molecule has 2 aromatic carbocycles. The summed E-state index contributed by atoms with van der Waals surface area (Å²) in [6.07, 6.45) is 8.61. The molecule has 0 atom stereocenters. The number of hydrogen-bond donors (Lipinski definition) is 1. The topological polar surface area (TPSA) is 47.1 Å². The van der Waals surface area contributed by atoms with Crippen molar-refractivity contribution in [3.63, 3.8) is 0 Å². The van der Waals surface area contributed by atoms with Crippen molar-refractivity contribution in [1.29, 1.82) is 0 Å². The minimum atomic E-state index is -2.96. The monoisotopic (exact) mass is 370 g/mol. The van der Waals surface area contributed by atoms with Crippen LogP contribution in [-0.2, 0) is 0 Å². The smallest absolute Gasteiger partial charge is 0.387 e. The Hall–Kier alpha value is -3.33. The van der Waals surface area contributed by atoms with Gasteiger partial charge < -0.3 is 14.5 Å². The second-order valence-corrected chi connectivity index (χ2v) is 5.05. The lowest BCUT2D eigenvalue weighted by atomic mass is 10.2. The highest BCUT2D eigenvalue weighted by Crippen LogP contribution is 2.30. The van der Waals surface area contributed by atoms with E-state index in [1.807, 2.05) is 38.1 Å². The fourth-order valence-electron chi connectivity index (χ4n) is 2.28. The third-order valence-corrected chi connectivity index (χ3v) is 3.34. The maximum Gasteiger partial charge on any atom is 0.387 e. The summed E-state index contributed by atoms with van der Waals surface area (Å²) >= 11 is 0. The number of terminal acetylenes is 1. The fourth-order valence-corrected chi connectivity index (χ4v) is 2.28. The number of halogens is 2. The lowest BCUT2D eigenvalue weighted by Gasteiger charge is -2.11. The number of alkyl halides is 2. The normalized spacial score (nSPS) is 10.5. The Labute approximate surface area is 156 Å². The van der Waals surface area contributed by atoms with Crippen molar-refractivity contribution in [2.75, 3.05) is 6.61 Å². The Balaban J connectivity index is 0.00000126. The van der Waals surface area contributed by atoms with Gasteiger partial charge in [0.25, 0.3) is 0 Å². The van der Waals surface area contributed by atoms with Crippen molar-refractivity contribution in [2.24, 2.45) is 0 Å². The standard InChI is InChI=1S/C19H14F2N2O2.C2H6/c1-2-11-24-16-9-7-13(12-17(16)25-19(20)21)8-10-18-22-14-5-3-4-6-15(14)23-18;1-2/h1,3-10,12,19H,11H2,(H,22,23);1-2H3/b10-8+;. The summed E-state index contributed by atoms with van der Waals surface area (Å²) in [6, 6.07) is 12.3. The fraction of sp³-hybridized carbons (Fsp3) is 0.190. The molecule has 0 aliphatic rings. The van der Waals surface area contributed by atoms with Gasteiger partial charge >= 0.3 is 6.61 Å². The molecule has 4 nitrogen and oxygen atoms in total. The average molecular weight is 370 g/mol. The van der Waals surface area contributed by atoms with Crippen LogP contribution in [0.2, 0.25) is 0 Å². The Morgan fingerprint density at radius 2 is 1.93 bits per heavy atom. The van der Waals surface area contributed by atoms with E-state index in [9.17, 15) is 8.78 Å². The number of fused-ring (bicyclic) bond motifs is 1. The number of H-pyrrole nitrogens is 1. The first-order valence-corrected chi connectivity index (χ1v) is 8.43. The first-order chi connectivity index (χ1) is 13.2. The number of nitrogens with one attached hydrogen (secondary N) is 1. The van der Waals surface area contributed by atoms with Crippen molar-refractivity contribution in [3.05, 3.63) is 53.9 Å². The molecular formula is C21H20F2N2O2. The molecule has 0 aliphatic carbocycles. The predicted molar refractivity (Wildman–Crippen MR) is 104 cm³/mol. The molecular weight excluding hydrogens is 350 g/mol. The van der Waals surface area contributed by atoms with Crippen LogP contribution in [0.1, 0.15) is 25.2 Å². The molecule has 1 N–H and O–H groups in total. The van der Waals surface area contributed by atoms with E-state index in [0.717, 1.165) is 11.0 Å². The van der Waals surface area contributed by atoms with Crippen LogP contribution in [0.15, 0.2) is 42.5 Å². The molecule has 0 amide bonds. The minimum Gasteiger partial charge on any atom is -0.477 e. The zero-order valence-electron chi connectivity index (χ0n) is 15.1. The molecule has 0 saturated carbocycles. The molecule has 140 valence electrons. The van der Waals surface area contributed by atoms with E-state index in [-0.39, 0.29) is 18.1 Å². The summed E-state index contributed by atoms with van der Waals surface area (Å²) in [4.78, 5) is 7.57. The molecule has 0 saturated heterocycles. The van der Waals surface area contributed by atoms with Crippen molar-refractivity contribution in [1.82, 2.24) is 9.97 Å². The van der Waals surface area contributed by atoms with Crippen molar-refractivity contribution in [3.8, 4) is 23.8 Å². The maximum atomic E-state index is 12.6. The number of nitrogens with zero attached hydrogens (tertiary/aromatic N) is 1. The number of para-hydroxylation sites is 2. The third-order valence-electron chi connectivity index (χ3n) is 3.34. The molecule has 1 heterocycles. The number of ether oxygens (including phenoxy) is 2. The predicted octanol–water partition coefficient (Wildman–Crippen LogP) is 5.37. The molecule has 27 heavy (non-hydrogen) atoms. The van der Waals surface area contributed by atoms with Gasteiger partial charge in [0.15, 0.2) is 11.5 Å². The molecule has 0 bridgehead atoms. The van der Waals surface area contributed by atoms with Gasteiger partial charge in [-0.3, -0.25) is 0 Å². The second kappa shape index (κ2) is 9.97. The number of rotatable bonds is 6. The van der Waals surface area contributed by atoms with Crippen LogP contribution in [0.3, 0.4) is 0 Å². The third kappa shape index (κ3) is 5.58. The molecule has 0 fully saturated rings. The first-order valence-electron chi connectivity index (χ1n) is 8.43. The van der Waals surface area contributed by atoms with Crippen LogP contribution in [0.25, 0.3) is 23.2 Å². The number of aromatic nitrogens is 2. The van der Waals surface area contributed by atoms with Gasteiger partial charge in [-0.25, -0.2) is 4.98 Å². The number of aromatic amines is 1. The molecule has 3 rings (SSSR count). The second-order valence-electron chi connectivity index (χ2n) is 5.05. The summed E-state index contributed by atoms with van der Waals surface area (Å²) in [5.74, 6) is 3.03. The number of hydrogen-bond acceptors (Lipinski definition) is 3. The molecule has 0 aliphatic heterocycles. The Kier molecular flexibility index (Phi) is 7.38. The highest BCUT2D eigenvalue weighted by Gasteiger charge is 2.11. The summed E-state index contributed by atoms with van der Waals surface area (Å²) in [5, 5.41) is 0. The zero-order valence-corrected chi connectivity index (χ0v) is 15.1. The summed E-state index contributed by atoms with van der Waals surface area (Å²) < 4.78 is 34.9. The molecule has 3 aromatic rings. The zero-order chi connectivity index (χ0) is 19.6. The molecule has 0 spiro atoms. The van der Waals surface area contributed by atoms with E-state index >= 15 is 0 Å². The van der Waals surface area contributed by atoms with Crippen molar-refractivity contribution in [2.45, 2.75) is 20.5 Å². The van der Waals surface area contributed by atoms with Gasteiger partial charge in [-0.2, -0.15) is 8.78 Å². The van der Waals surface area contributed by atoms with Crippen LogP contribution < -0.4 is 9.47 Å². The van der Waals surface area contributed by atoms with Crippen LogP contribution in [0.4, 0.5) is 8.78 Å². The Morgan fingerprint density at radius 1 is 1.15 bits per heavy atom. The summed E-state index contributed by atoms with van der Waals surface area (Å²) in [7, 11) is 0. The minimum absolute atomic E-state index is 0.0340. The van der Waals surface area contributed by atoms with Gasteiger partial charge in [-0.1, -0.05) is 44.0 Å². The van der Waals surface area contributed by atoms with E-state index in [1.54, 1.807) is 18.2 Å². The van der Waals surface area contributed by atoms with E-state index < -0.39 is 6.61 Å². The molecule has 0 unspecified atom stereocenters. The van der Waals surface area contributed by atoms with Crippen LogP contribution >= 0.6 is 0 Å². The van der Waals surface area contributed by atoms with Gasteiger partial charge in [0.1, 0.15) is 12.4 Å². The maximum absolute atomic E-state index is 12.6. The summed E-state index contributed by atoms with van der Waals surface area (Å²) in [5.41, 5.74) is 2.42. The van der Waals surface area contributed by atoms with Gasteiger partial charge in [-0.05, 0) is 35.9 Å². The molecule has 0 radical (unpaired) electrons. The van der Waals surface area contributed by atoms with Gasteiger partial charge in [0, 0.05) is 0 Å². The van der Waals surface area contributed by atoms with Crippen LogP contribution in [0, 0.1) is 12.3 Å². The molecule has 6 heteroatoms. The van der Waals surface area contributed by atoms with Gasteiger partial charge in [0.05, 0.1) is 11.0 Å². The van der Waals surface area contributed by atoms with Crippen molar-refractivity contribution >= 4 is 23.2 Å². The lowest BCUT2D eigenvalue weighted by Crippen LogP contribution is -2.05. The number of imidazole rings is 1. The first kappa shape index (κ1) is 20.0. The largest absolute Gasteiger partial charge is 0.477 e. The Morgan fingerprint density at radius 3 is 2.63 bits per heavy atom. The number of benzene rings is 2. The lowest BCUT2D eigenvalue weighted by molar-refractivity contribution is -0.0513.